The minimum Gasteiger partial charge on any atom is -0.330 e. The number of aromatic nitrogens is 2. The fourth-order valence-corrected chi connectivity index (χ4v) is 3.53. The summed E-state index contributed by atoms with van der Waals surface area (Å²) in [4.78, 5) is 3.34. The smallest absolute Gasteiger partial charge is 0.182 e. The van der Waals surface area contributed by atoms with E-state index in [1.54, 1.807) is 0 Å². The minimum absolute atomic E-state index is 0.771. The number of hydrogen-bond acceptors (Lipinski definition) is 1. The van der Waals surface area contributed by atoms with Crippen LogP contribution in [-0.4, -0.2) is 9.55 Å². The molecule has 4 rings (SSSR count). The summed E-state index contributed by atoms with van der Waals surface area (Å²) in [7, 11) is 0. The molecule has 3 heteroatoms. The molecule has 0 spiro atoms. The molecule has 20 heavy (non-hydrogen) atoms. The van der Waals surface area contributed by atoms with Crippen LogP contribution < -0.4 is 0 Å². The van der Waals surface area contributed by atoms with Gasteiger partial charge in [0, 0.05) is 5.69 Å². The van der Waals surface area contributed by atoms with Crippen molar-refractivity contribution in [2.45, 2.75) is 26.2 Å². The van der Waals surface area contributed by atoms with Crippen molar-refractivity contribution in [2.75, 3.05) is 0 Å². The lowest BCUT2D eigenvalue weighted by Crippen LogP contribution is -1.95. The summed E-state index contributed by atoms with van der Waals surface area (Å²) in [6.45, 7) is 2.11. The number of nitrogens with zero attached hydrogens (tertiary/aromatic N) is 1. The second-order valence-electron chi connectivity index (χ2n) is 5.54. The largest absolute Gasteiger partial charge is 0.330 e. The van der Waals surface area contributed by atoms with Gasteiger partial charge in [0.25, 0.3) is 0 Å². The molecule has 1 heterocycles. The fourth-order valence-electron chi connectivity index (χ4n) is 3.23. The molecular formula is C17H16N2S. The molecule has 2 aromatic carbocycles. The highest BCUT2D eigenvalue weighted by Crippen LogP contribution is 2.27. The molecule has 1 aromatic heterocycles. The number of imidazole rings is 1. The Morgan fingerprint density at radius 1 is 1.10 bits per heavy atom. The minimum atomic E-state index is 0.771. The zero-order chi connectivity index (χ0) is 13.7. The quantitative estimate of drug-likeness (QED) is 0.652. The van der Waals surface area contributed by atoms with E-state index < -0.39 is 0 Å². The van der Waals surface area contributed by atoms with Gasteiger partial charge < -0.3 is 4.98 Å². The maximum absolute atomic E-state index is 5.53. The summed E-state index contributed by atoms with van der Waals surface area (Å²) in [6, 6.07) is 13.1. The monoisotopic (exact) mass is 280 g/mol. The third-order valence-electron chi connectivity index (χ3n) is 4.27. The van der Waals surface area contributed by atoms with E-state index in [9.17, 15) is 0 Å². The lowest BCUT2D eigenvalue weighted by molar-refractivity contribution is 0.911. The van der Waals surface area contributed by atoms with Crippen LogP contribution in [0.4, 0.5) is 0 Å². The predicted octanol–water partition coefficient (Wildman–Crippen LogP) is 4.49. The Bertz CT molecular complexity index is 870. The van der Waals surface area contributed by atoms with Crippen molar-refractivity contribution in [3.05, 3.63) is 57.9 Å². The first-order chi connectivity index (χ1) is 9.74. The van der Waals surface area contributed by atoms with Gasteiger partial charge in [-0.1, -0.05) is 18.2 Å². The fraction of sp³-hybridized carbons (Fsp3) is 0.235. The molecule has 1 N–H and O–H groups in total. The normalized spacial score (nSPS) is 13.8. The van der Waals surface area contributed by atoms with E-state index in [4.69, 9.17) is 12.2 Å². The van der Waals surface area contributed by atoms with Crippen LogP contribution >= 0.6 is 12.2 Å². The van der Waals surface area contributed by atoms with Crippen molar-refractivity contribution in [1.29, 1.82) is 0 Å². The standard InChI is InChI=1S/C17H16N2S/c1-11-4-2-7-15-16(11)18-17(20)19(15)14-9-8-12-5-3-6-13(12)10-14/h2,4,7-10H,3,5-6H2,1H3,(H,18,20). The van der Waals surface area contributed by atoms with E-state index >= 15 is 0 Å². The zero-order valence-corrected chi connectivity index (χ0v) is 12.3. The predicted molar refractivity (Wildman–Crippen MR) is 85.2 cm³/mol. The lowest BCUT2D eigenvalue weighted by atomic mass is 10.1. The third kappa shape index (κ3) is 1.66. The molecule has 0 amide bonds. The summed E-state index contributed by atoms with van der Waals surface area (Å²) in [5.74, 6) is 0. The molecule has 0 fully saturated rings. The lowest BCUT2D eigenvalue weighted by Gasteiger charge is -2.07. The maximum atomic E-state index is 5.53. The summed E-state index contributed by atoms with van der Waals surface area (Å²) >= 11 is 5.53. The van der Waals surface area contributed by atoms with Crippen LogP contribution in [0, 0.1) is 11.7 Å². The molecule has 0 bridgehead atoms. The van der Waals surface area contributed by atoms with Gasteiger partial charge in [0.15, 0.2) is 4.77 Å². The molecule has 0 unspecified atom stereocenters. The van der Waals surface area contributed by atoms with E-state index in [-0.39, 0.29) is 0 Å². The number of nitrogens with one attached hydrogen (secondary N) is 1. The summed E-state index contributed by atoms with van der Waals surface area (Å²) < 4.78 is 2.92. The van der Waals surface area contributed by atoms with Crippen LogP contribution in [0.15, 0.2) is 36.4 Å². The highest BCUT2D eigenvalue weighted by molar-refractivity contribution is 7.71. The van der Waals surface area contributed by atoms with E-state index in [1.807, 2.05) is 0 Å². The molecule has 0 saturated carbocycles. The van der Waals surface area contributed by atoms with Gasteiger partial charge in [0.2, 0.25) is 0 Å². The number of aryl methyl sites for hydroxylation is 3. The van der Waals surface area contributed by atoms with Gasteiger partial charge in [-0.25, -0.2) is 0 Å². The van der Waals surface area contributed by atoms with Crippen LogP contribution in [0.25, 0.3) is 16.7 Å². The first kappa shape index (κ1) is 11.9. The Hall–Kier alpha value is -1.87. The van der Waals surface area contributed by atoms with Crippen LogP contribution in [0.5, 0.6) is 0 Å². The van der Waals surface area contributed by atoms with Crippen molar-refractivity contribution in [3.63, 3.8) is 0 Å². The SMILES string of the molecule is Cc1cccc2c1[nH]c(=S)n2-c1ccc2c(c1)CCC2. The second kappa shape index (κ2) is 4.32. The van der Waals surface area contributed by atoms with Crippen molar-refractivity contribution >= 4 is 23.3 Å². The van der Waals surface area contributed by atoms with Gasteiger partial charge in [-0.05, 0) is 73.3 Å². The number of fused-ring (bicyclic) bond motifs is 2. The topological polar surface area (TPSA) is 20.7 Å². The highest BCUT2D eigenvalue weighted by Gasteiger charge is 2.13. The molecule has 3 aromatic rings. The van der Waals surface area contributed by atoms with Crippen molar-refractivity contribution < 1.29 is 0 Å². The second-order valence-corrected chi connectivity index (χ2v) is 5.93. The first-order valence-electron chi connectivity index (χ1n) is 7.06. The maximum Gasteiger partial charge on any atom is 0.182 e. The van der Waals surface area contributed by atoms with Gasteiger partial charge in [-0.2, -0.15) is 0 Å². The molecule has 0 atom stereocenters. The highest BCUT2D eigenvalue weighted by atomic mass is 32.1. The van der Waals surface area contributed by atoms with Crippen molar-refractivity contribution in [3.8, 4) is 5.69 Å². The number of H-pyrrole nitrogens is 1. The van der Waals surface area contributed by atoms with Gasteiger partial charge in [0.1, 0.15) is 0 Å². The van der Waals surface area contributed by atoms with Gasteiger partial charge >= 0.3 is 0 Å². The van der Waals surface area contributed by atoms with Gasteiger partial charge in [-0.3, -0.25) is 4.57 Å². The average Bonchev–Trinajstić information content (AvgIpc) is 3.02. The van der Waals surface area contributed by atoms with E-state index in [0.717, 1.165) is 15.8 Å². The number of hydrogen-bond donors (Lipinski definition) is 1. The van der Waals surface area contributed by atoms with E-state index in [0.29, 0.717) is 0 Å². The Balaban J connectivity index is 2.01. The van der Waals surface area contributed by atoms with E-state index in [2.05, 4.69) is 52.9 Å². The Morgan fingerprint density at radius 3 is 2.85 bits per heavy atom. The van der Waals surface area contributed by atoms with Crippen LogP contribution in [0.3, 0.4) is 0 Å². The molecule has 100 valence electrons. The molecule has 2 nitrogen and oxygen atoms in total. The molecule has 0 saturated heterocycles. The summed E-state index contributed by atoms with van der Waals surface area (Å²) in [5.41, 5.74) is 7.68. The van der Waals surface area contributed by atoms with Crippen molar-refractivity contribution in [2.24, 2.45) is 0 Å². The van der Waals surface area contributed by atoms with Crippen molar-refractivity contribution in [1.82, 2.24) is 9.55 Å². The summed E-state index contributed by atoms with van der Waals surface area (Å²) in [6.07, 6.45) is 3.68. The average molecular weight is 280 g/mol. The third-order valence-corrected chi connectivity index (χ3v) is 4.55. The van der Waals surface area contributed by atoms with E-state index in [1.165, 1.54) is 41.6 Å². The first-order valence-corrected chi connectivity index (χ1v) is 7.47. The molecule has 1 aliphatic carbocycles. The Morgan fingerprint density at radius 2 is 1.95 bits per heavy atom. The molecule has 0 radical (unpaired) electrons. The Kier molecular flexibility index (Phi) is 2.57. The number of aromatic amines is 1. The number of para-hydroxylation sites is 1. The Labute approximate surface area is 123 Å². The van der Waals surface area contributed by atoms with Crippen LogP contribution in [-0.2, 0) is 12.8 Å². The molecule has 0 aliphatic heterocycles. The van der Waals surface area contributed by atoms with Crippen LogP contribution in [0.1, 0.15) is 23.1 Å². The molecule has 1 aliphatic rings. The number of rotatable bonds is 1. The number of benzene rings is 2. The zero-order valence-electron chi connectivity index (χ0n) is 11.4. The van der Waals surface area contributed by atoms with Gasteiger partial charge in [0.05, 0.1) is 11.0 Å². The molecular weight excluding hydrogens is 264 g/mol. The summed E-state index contributed by atoms with van der Waals surface area (Å²) in [5, 5.41) is 0. The van der Waals surface area contributed by atoms with Crippen LogP contribution in [0.2, 0.25) is 0 Å². The van der Waals surface area contributed by atoms with Gasteiger partial charge in [-0.15, -0.1) is 0 Å².